The molecule has 2 aliphatic carbocycles. The van der Waals surface area contributed by atoms with Crippen LogP contribution in [0.15, 0.2) is 18.5 Å². The van der Waals surface area contributed by atoms with Gasteiger partial charge in [0.05, 0.1) is 11.8 Å². The number of hydrogen-bond donors (Lipinski definition) is 2. The third-order valence-corrected chi connectivity index (χ3v) is 4.34. The number of amides is 1. The fourth-order valence-corrected chi connectivity index (χ4v) is 3.43. The second kappa shape index (κ2) is 5.31. The molecular formula is C14H18N4O3. The number of carbonyl (C=O) groups excluding carboxylic acids is 1. The average Bonchev–Trinajstić information content (AvgIpc) is 3.13. The molecule has 2 unspecified atom stereocenters. The molecule has 1 aromatic rings. The van der Waals surface area contributed by atoms with Gasteiger partial charge in [0, 0.05) is 20.0 Å². The zero-order valence-corrected chi connectivity index (χ0v) is 11.8. The van der Waals surface area contributed by atoms with Crippen LogP contribution in [0.4, 0.5) is 0 Å². The van der Waals surface area contributed by atoms with Crippen molar-refractivity contribution in [3.8, 4) is 0 Å². The molecule has 0 radical (unpaired) electrons. The van der Waals surface area contributed by atoms with Crippen molar-refractivity contribution < 1.29 is 14.7 Å². The summed E-state index contributed by atoms with van der Waals surface area (Å²) < 4.78 is 1.61. The highest BCUT2D eigenvalue weighted by Gasteiger charge is 2.51. The van der Waals surface area contributed by atoms with Crippen molar-refractivity contribution >= 4 is 11.9 Å². The topological polar surface area (TPSA) is 97.1 Å². The Labute approximate surface area is 122 Å². The molecule has 0 aromatic carbocycles. The van der Waals surface area contributed by atoms with Gasteiger partial charge in [-0.3, -0.25) is 14.3 Å². The van der Waals surface area contributed by atoms with Crippen molar-refractivity contribution in [1.82, 2.24) is 20.1 Å². The molecule has 112 valence electrons. The highest BCUT2D eigenvalue weighted by atomic mass is 16.4. The molecule has 0 aliphatic heterocycles. The molecule has 4 atom stereocenters. The number of aliphatic carboxylic acids is 1. The summed E-state index contributed by atoms with van der Waals surface area (Å²) in [5.74, 6) is -1.36. The van der Waals surface area contributed by atoms with Crippen LogP contribution in [-0.2, 0) is 23.1 Å². The average molecular weight is 290 g/mol. The number of nitrogens with zero attached hydrogens (tertiary/aromatic N) is 3. The largest absolute Gasteiger partial charge is 0.481 e. The lowest BCUT2D eigenvalue weighted by atomic mass is 9.82. The van der Waals surface area contributed by atoms with Crippen LogP contribution in [0, 0.1) is 23.7 Å². The van der Waals surface area contributed by atoms with Gasteiger partial charge in [-0.1, -0.05) is 12.2 Å². The fraction of sp³-hybridized carbons (Fsp3) is 0.571. The molecule has 1 amide bonds. The molecule has 0 saturated heterocycles. The van der Waals surface area contributed by atoms with Gasteiger partial charge in [0.25, 0.3) is 0 Å². The Kier molecular flexibility index (Phi) is 3.48. The second-order valence-corrected chi connectivity index (χ2v) is 5.71. The summed E-state index contributed by atoms with van der Waals surface area (Å²) in [7, 11) is 1.79. The molecule has 2 bridgehead atoms. The fourth-order valence-electron chi connectivity index (χ4n) is 3.43. The number of hydrogen-bond acceptors (Lipinski definition) is 4. The molecular weight excluding hydrogens is 272 g/mol. The first-order valence-electron chi connectivity index (χ1n) is 7.09. The van der Waals surface area contributed by atoms with Crippen molar-refractivity contribution in [1.29, 1.82) is 0 Å². The van der Waals surface area contributed by atoms with E-state index in [2.05, 4.69) is 15.4 Å². The van der Waals surface area contributed by atoms with E-state index in [9.17, 15) is 14.7 Å². The lowest BCUT2D eigenvalue weighted by Gasteiger charge is -2.23. The maximum absolute atomic E-state index is 12.3. The number of carboxylic acids is 1. The monoisotopic (exact) mass is 290 g/mol. The van der Waals surface area contributed by atoms with E-state index in [0.29, 0.717) is 18.8 Å². The van der Waals surface area contributed by atoms with Crippen molar-refractivity contribution in [2.45, 2.75) is 12.8 Å². The molecule has 7 nitrogen and oxygen atoms in total. The Balaban J connectivity index is 1.57. The summed E-state index contributed by atoms with van der Waals surface area (Å²) in [6, 6.07) is 0. The number of allylic oxidation sites excluding steroid dienone is 2. The number of aryl methyl sites for hydroxylation is 1. The van der Waals surface area contributed by atoms with Gasteiger partial charge < -0.3 is 10.4 Å². The van der Waals surface area contributed by atoms with E-state index < -0.39 is 17.8 Å². The highest BCUT2D eigenvalue weighted by molar-refractivity contribution is 5.86. The number of carboxylic acid groups (broad SMARTS) is 1. The predicted molar refractivity (Wildman–Crippen MR) is 73.1 cm³/mol. The van der Waals surface area contributed by atoms with E-state index in [1.54, 1.807) is 18.1 Å². The van der Waals surface area contributed by atoms with E-state index in [-0.39, 0.29) is 17.7 Å². The van der Waals surface area contributed by atoms with E-state index in [0.717, 1.165) is 6.42 Å². The van der Waals surface area contributed by atoms with Crippen LogP contribution < -0.4 is 5.32 Å². The SMILES string of the molecule is Cn1cnc(CCNC(=O)[C@H]2C3C=CC(C3)[C@H]2C(=O)O)n1. The zero-order chi connectivity index (χ0) is 15.0. The van der Waals surface area contributed by atoms with Gasteiger partial charge in [-0.05, 0) is 18.3 Å². The summed E-state index contributed by atoms with van der Waals surface area (Å²) in [4.78, 5) is 27.7. The van der Waals surface area contributed by atoms with Gasteiger partial charge in [-0.2, -0.15) is 5.10 Å². The van der Waals surface area contributed by atoms with Gasteiger partial charge in [-0.25, -0.2) is 4.98 Å². The van der Waals surface area contributed by atoms with Crippen LogP contribution in [0.5, 0.6) is 0 Å². The number of carbonyl (C=O) groups is 2. The van der Waals surface area contributed by atoms with E-state index in [1.165, 1.54) is 0 Å². The molecule has 2 aliphatic rings. The quantitative estimate of drug-likeness (QED) is 0.744. The Bertz CT molecular complexity index is 595. The first-order chi connectivity index (χ1) is 10.1. The van der Waals surface area contributed by atoms with Gasteiger partial charge in [-0.15, -0.1) is 0 Å². The first kappa shape index (κ1) is 13.8. The lowest BCUT2D eigenvalue weighted by Crippen LogP contribution is -2.40. The highest BCUT2D eigenvalue weighted by Crippen LogP contribution is 2.48. The molecule has 1 aromatic heterocycles. The Morgan fingerprint density at radius 1 is 1.38 bits per heavy atom. The molecule has 7 heteroatoms. The Hall–Kier alpha value is -2.18. The standard InChI is InChI=1S/C14H18N4O3/c1-18-7-16-10(17-18)4-5-15-13(19)11-8-2-3-9(6-8)12(11)14(20)21/h2-3,7-9,11-12H,4-6H2,1H3,(H,15,19)(H,20,21)/t8?,9?,11-,12+/m0/s1. The van der Waals surface area contributed by atoms with E-state index >= 15 is 0 Å². The minimum Gasteiger partial charge on any atom is -0.481 e. The van der Waals surface area contributed by atoms with Crippen molar-refractivity contribution in [2.75, 3.05) is 6.54 Å². The lowest BCUT2D eigenvalue weighted by molar-refractivity contribution is -0.147. The van der Waals surface area contributed by atoms with Crippen molar-refractivity contribution in [2.24, 2.45) is 30.7 Å². The van der Waals surface area contributed by atoms with Crippen LogP contribution in [0.25, 0.3) is 0 Å². The molecule has 1 fully saturated rings. The third kappa shape index (κ3) is 2.55. The molecule has 21 heavy (non-hydrogen) atoms. The van der Waals surface area contributed by atoms with E-state index in [1.807, 2.05) is 12.2 Å². The van der Waals surface area contributed by atoms with Crippen molar-refractivity contribution in [3.63, 3.8) is 0 Å². The maximum atomic E-state index is 12.3. The second-order valence-electron chi connectivity index (χ2n) is 5.71. The number of rotatable bonds is 5. The zero-order valence-electron chi connectivity index (χ0n) is 11.8. The summed E-state index contributed by atoms with van der Waals surface area (Å²) in [5, 5.41) is 16.3. The van der Waals surface area contributed by atoms with Crippen LogP contribution >= 0.6 is 0 Å². The van der Waals surface area contributed by atoms with Gasteiger partial charge in [0.1, 0.15) is 6.33 Å². The predicted octanol–water partition coefficient (Wildman–Crippen LogP) is -0.00330. The first-order valence-corrected chi connectivity index (χ1v) is 7.09. The normalized spacial score (nSPS) is 29.8. The Morgan fingerprint density at radius 3 is 2.71 bits per heavy atom. The molecule has 2 N–H and O–H groups in total. The maximum Gasteiger partial charge on any atom is 0.307 e. The third-order valence-electron chi connectivity index (χ3n) is 4.34. The smallest absolute Gasteiger partial charge is 0.307 e. The van der Waals surface area contributed by atoms with Crippen LogP contribution in [0.1, 0.15) is 12.2 Å². The van der Waals surface area contributed by atoms with Crippen LogP contribution in [0.2, 0.25) is 0 Å². The molecule has 1 heterocycles. The van der Waals surface area contributed by atoms with Crippen LogP contribution in [0.3, 0.4) is 0 Å². The number of fused-ring (bicyclic) bond motifs is 2. The molecule has 1 saturated carbocycles. The van der Waals surface area contributed by atoms with Gasteiger partial charge in [0.2, 0.25) is 5.91 Å². The summed E-state index contributed by atoms with van der Waals surface area (Å²) in [5.41, 5.74) is 0. The molecule has 0 spiro atoms. The number of nitrogens with one attached hydrogen (secondary N) is 1. The Morgan fingerprint density at radius 2 is 2.10 bits per heavy atom. The summed E-state index contributed by atoms with van der Waals surface area (Å²) in [6.45, 7) is 0.423. The minimum atomic E-state index is -0.876. The minimum absolute atomic E-state index is 0.000654. The summed E-state index contributed by atoms with van der Waals surface area (Å²) in [6.07, 6.45) is 6.84. The van der Waals surface area contributed by atoms with Gasteiger partial charge in [0.15, 0.2) is 5.82 Å². The summed E-state index contributed by atoms with van der Waals surface area (Å²) >= 11 is 0. The van der Waals surface area contributed by atoms with Crippen LogP contribution in [-0.4, -0.2) is 38.3 Å². The van der Waals surface area contributed by atoms with E-state index in [4.69, 9.17) is 0 Å². The number of aromatic nitrogens is 3. The van der Waals surface area contributed by atoms with Crippen molar-refractivity contribution in [3.05, 3.63) is 24.3 Å². The molecule has 3 rings (SSSR count). The van der Waals surface area contributed by atoms with Gasteiger partial charge >= 0.3 is 5.97 Å².